The number of thiophene rings is 1. The van der Waals surface area contributed by atoms with Crippen LogP contribution in [-0.2, 0) is 9.53 Å². The minimum atomic E-state index is -0.0924. The van der Waals surface area contributed by atoms with Crippen LogP contribution >= 0.6 is 11.3 Å². The van der Waals surface area contributed by atoms with Gasteiger partial charge in [-0.2, -0.15) is 0 Å². The van der Waals surface area contributed by atoms with Crippen LogP contribution in [0.25, 0.3) is 0 Å². The molecule has 1 amide bonds. The van der Waals surface area contributed by atoms with Crippen molar-refractivity contribution in [3.63, 3.8) is 0 Å². The summed E-state index contributed by atoms with van der Waals surface area (Å²) in [5.74, 6) is 0.520. The third-order valence-corrected chi connectivity index (χ3v) is 5.58. The first-order valence-corrected chi connectivity index (χ1v) is 8.57. The van der Waals surface area contributed by atoms with Gasteiger partial charge in [0.15, 0.2) is 0 Å². The zero-order valence-corrected chi connectivity index (χ0v) is 13.9. The molecule has 0 radical (unpaired) electrons. The predicted molar refractivity (Wildman–Crippen MR) is 84.2 cm³/mol. The highest BCUT2D eigenvalue weighted by Gasteiger charge is 2.47. The number of nitrogens with one attached hydrogen (secondary N) is 1. The van der Waals surface area contributed by atoms with Crippen molar-refractivity contribution in [3.05, 3.63) is 21.9 Å². The summed E-state index contributed by atoms with van der Waals surface area (Å²) in [5, 5.41) is 3.55. The molecule has 0 bridgehead atoms. The number of amides is 1. The molecule has 4 atom stereocenters. The molecule has 4 nitrogen and oxygen atoms in total. The third-order valence-electron chi connectivity index (χ3n) is 4.53. The number of ether oxygens (including phenoxy) is 1. The molecule has 1 aromatic heterocycles. The molecule has 1 aromatic rings. The lowest BCUT2D eigenvalue weighted by atomic mass is 10.0. The van der Waals surface area contributed by atoms with Crippen molar-refractivity contribution in [3.8, 4) is 0 Å². The van der Waals surface area contributed by atoms with Crippen LogP contribution in [0.2, 0.25) is 0 Å². The summed E-state index contributed by atoms with van der Waals surface area (Å²) in [4.78, 5) is 17.4. The molecule has 4 unspecified atom stereocenters. The summed E-state index contributed by atoms with van der Waals surface area (Å²) in [6.07, 6.45) is 1.04. The van der Waals surface area contributed by atoms with Gasteiger partial charge in [-0.1, -0.05) is 13.8 Å². The van der Waals surface area contributed by atoms with Gasteiger partial charge < -0.3 is 9.64 Å². The summed E-state index contributed by atoms with van der Waals surface area (Å²) < 4.78 is 5.69. The Morgan fingerprint density at radius 2 is 2.19 bits per heavy atom. The molecule has 116 valence electrons. The van der Waals surface area contributed by atoms with Crippen LogP contribution in [0.15, 0.2) is 12.1 Å². The van der Waals surface area contributed by atoms with E-state index in [1.54, 1.807) is 11.3 Å². The Hall–Kier alpha value is -0.910. The van der Waals surface area contributed by atoms with Gasteiger partial charge in [-0.25, -0.2) is 0 Å². The van der Waals surface area contributed by atoms with Gasteiger partial charge in [-0.3, -0.25) is 10.1 Å². The van der Waals surface area contributed by atoms with Gasteiger partial charge in [0.25, 0.3) is 0 Å². The van der Waals surface area contributed by atoms with Crippen molar-refractivity contribution < 1.29 is 9.53 Å². The Bertz CT molecular complexity index is 528. The van der Waals surface area contributed by atoms with Gasteiger partial charge in [0, 0.05) is 16.4 Å². The average molecular weight is 308 g/mol. The SMILES string of the molecule is Cc1ccc(C2NC(C(C)C)C(=O)N2C2CCOC2C)s1. The fourth-order valence-corrected chi connectivity index (χ4v) is 4.28. The Morgan fingerprint density at radius 3 is 2.71 bits per heavy atom. The maximum Gasteiger partial charge on any atom is 0.241 e. The molecule has 2 aliphatic heterocycles. The minimum absolute atomic E-state index is 0.00208. The van der Waals surface area contributed by atoms with Gasteiger partial charge in [0.2, 0.25) is 5.91 Å². The summed E-state index contributed by atoms with van der Waals surface area (Å²) >= 11 is 1.77. The Morgan fingerprint density at radius 1 is 1.43 bits per heavy atom. The average Bonchev–Trinajstić information content (AvgIpc) is 3.09. The lowest BCUT2D eigenvalue weighted by Crippen LogP contribution is -2.44. The largest absolute Gasteiger partial charge is 0.376 e. The van der Waals surface area contributed by atoms with Crippen molar-refractivity contribution in [2.45, 2.75) is 58.5 Å². The van der Waals surface area contributed by atoms with E-state index in [1.165, 1.54) is 9.75 Å². The van der Waals surface area contributed by atoms with Crippen LogP contribution in [0, 0.1) is 12.8 Å². The fourth-order valence-electron chi connectivity index (χ4n) is 3.35. The molecule has 3 heterocycles. The second kappa shape index (κ2) is 5.71. The minimum Gasteiger partial charge on any atom is -0.376 e. The smallest absolute Gasteiger partial charge is 0.241 e. The lowest BCUT2D eigenvalue weighted by molar-refractivity contribution is -0.134. The summed E-state index contributed by atoms with van der Waals surface area (Å²) in [5.41, 5.74) is 0. The van der Waals surface area contributed by atoms with Gasteiger partial charge in [0.05, 0.1) is 18.2 Å². The third kappa shape index (κ3) is 2.62. The molecular formula is C16H24N2O2S. The first-order chi connectivity index (χ1) is 9.99. The zero-order valence-electron chi connectivity index (χ0n) is 13.1. The summed E-state index contributed by atoms with van der Waals surface area (Å²) in [6.45, 7) is 9.13. The fraction of sp³-hybridized carbons (Fsp3) is 0.688. The van der Waals surface area contributed by atoms with E-state index in [1.807, 2.05) is 4.90 Å². The monoisotopic (exact) mass is 308 g/mol. The Labute approximate surface area is 130 Å². The lowest BCUT2D eigenvalue weighted by Gasteiger charge is -2.31. The van der Waals surface area contributed by atoms with Gasteiger partial charge in [0.1, 0.15) is 6.17 Å². The van der Waals surface area contributed by atoms with Crippen molar-refractivity contribution in [2.75, 3.05) is 6.61 Å². The van der Waals surface area contributed by atoms with Crippen LogP contribution in [-0.4, -0.2) is 35.6 Å². The summed E-state index contributed by atoms with van der Waals surface area (Å²) in [6, 6.07) is 4.36. The molecule has 2 aliphatic rings. The van der Waals surface area contributed by atoms with E-state index in [-0.39, 0.29) is 30.3 Å². The molecule has 5 heteroatoms. The molecule has 0 aliphatic carbocycles. The zero-order chi connectivity index (χ0) is 15.1. The number of nitrogens with zero attached hydrogens (tertiary/aromatic N) is 1. The van der Waals surface area contributed by atoms with Crippen LogP contribution in [0.1, 0.15) is 43.1 Å². The van der Waals surface area contributed by atoms with Gasteiger partial charge in [-0.15, -0.1) is 11.3 Å². The van der Waals surface area contributed by atoms with Gasteiger partial charge in [-0.05, 0) is 38.3 Å². The Kier molecular flexibility index (Phi) is 4.08. The van der Waals surface area contributed by atoms with E-state index in [9.17, 15) is 4.79 Å². The van der Waals surface area contributed by atoms with E-state index in [0.29, 0.717) is 5.92 Å². The maximum atomic E-state index is 12.9. The first-order valence-electron chi connectivity index (χ1n) is 7.75. The molecule has 3 rings (SSSR count). The normalized spacial score (nSPS) is 33.4. The van der Waals surface area contributed by atoms with Crippen LogP contribution in [0.5, 0.6) is 0 Å². The molecule has 2 fully saturated rings. The highest BCUT2D eigenvalue weighted by molar-refractivity contribution is 7.12. The standard InChI is InChI=1S/C16H24N2O2S/c1-9(2)14-16(19)18(12-7-8-20-11(12)4)15(17-14)13-6-5-10(3)21-13/h5-6,9,11-12,14-15,17H,7-8H2,1-4H3. The van der Waals surface area contributed by atoms with Crippen LogP contribution in [0.4, 0.5) is 0 Å². The quantitative estimate of drug-likeness (QED) is 0.933. The number of carbonyl (C=O) groups excluding carboxylic acids is 1. The molecule has 0 aromatic carbocycles. The number of aryl methyl sites for hydroxylation is 1. The van der Waals surface area contributed by atoms with E-state index in [2.05, 4.69) is 45.1 Å². The topological polar surface area (TPSA) is 41.6 Å². The second-order valence-corrected chi connectivity index (χ2v) is 7.74. The molecule has 0 spiro atoms. The van der Waals surface area contributed by atoms with E-state index < -0.39 is 0 Å². The highest BCUT2D eigenvalue weighted by atomic mass is 32.1. The number of carbonyl (C=O) groups is 1. The second-order valence-electron chi connectivity index (χ2n) is 6.42. The molecule has 2 saturated heterocycles. The van der Waals surface area contributed by atoms with Gasteiger partial charge >= 0.3 is 0 Å². The van der Waals surface area contributed by atoms with Crippen molar-refractivity contribution in [2.24, 2.45) is 5.92 Å². The van der Waals surface area contributed by atoms with Crippen LogP contribution in [0.3, 0.4) is 0 Å². The molecule has 0 saturated carbocycles. The number of hydrogen-bond donors (Lipinski definition) is 1. The van der Waals surface area contributed by atoms with E-state index in [0.717, 1.165) is 13.0 Å². The van der Waals surface area contributed by atoms with Crippen molar-refractivity contribution in [1.82, 2.24) is 10.2 Å². The van der Waals surface area contributed by atoms with Crippen molar-refractivity contribution in [1.29, 1.82) is 0 Å². The predicted octanol–water partition coefficient (Wildman–Crippen LogP) is 2.69. The Balaban J connectivity index is 1.93. The molecular weight excluding hydrogens is 284 g/mol. The highest BCUT2D eigenvalue weighted by Crippen LogP contribution is 2.36. The first kappa shape index (κ1) is 15.0. The summed E-state index contributed by atoms with van der Waals surface area (Å²) in [7, 11) is 0. The van der Waals surface area contributed by atoms with E-state index >= 15 is 0 Å². The van der Waals surface area contributed by atoms with E-state index in [4.69, 9.17) is 4.74 Å². The number of hydrogen-bond acceptors (Lipinski definition) is 4. The van der Waals surface area contributed by atoms with Crippen LogP contribution < -0.4 is 5.32 Å². The number of rotatable bonds is 3. The molecule has 21 heavy (non-hydrogen) atoms. The molecule has 1 N–H and O–H groups in total. The maximum absolute atomic E-state index is 12.9. The van der Waals surface area contributed by atoms with Crippen molar-refractivity contribution >= 4 is 17.2 Å².